The van der Waals surface area contributed by atoms with Gasteiger partial charge in [0.1, 0.15) is 5.75 Å². The smallest absolute Gasteiger partial charge is 0.316 e. The number of esters is 1. The van der Waals surface area contributed by atoms with Crippen molar-refractivity contribution in [2.75, 3.05) is 16.3 Å². The first-order valence-corrected chi connectivity index (χ1v) is 11.6. The zero-order valence-electron chi connectivity index (χ0n) is 18.6. The second-order valence-electron chi connectivity index (χ2n) is 8.99. The van der Waals surface area contributed by atoms with Crippen LogP contribution in [0.5, 0.6) is 5.75 Å². The highest BCUT2D eigenvalue weighted by atomic mass is 35.5. The SMILES string of the molecule is CC1=CC[C@@H]2C(=O)N(c3cccc(OC(=O)[C@H]4CC(=O)N(c5ccccc5Cl)C4)c3)C(=O)[C@H]2C1. The van der Waals surface area contributed by atoms with Crippen molar-refractivity contribution in [3.63, 3.8) is 0 Å². The molecule has 174 valence electrons. The van der Waals surface area contributed by atoms with Gasteiger partial charge in [-0.2, -0.15) is 0 Å². The molecule has 2 aromatic rings. The molecular weight excluding hydrogens is 456 g/mol. The fourth-order valence-electron chi connectivity index (χ4n) is 4.95. The predicted molar refractivity (Wildman–Crippen MR) is 126 cm³/mol. The number of anilines is 2. The highest BCUT2D eigenvalue weighted by molar-refractivity contribution is 6.34. The lowest BCUT2D eigenvalue weighted by atomic mass is 9.82. The molecule has 2 aliphatic heterocycles. The lowest BCUT2D eigenvalue weighted by Crippen LogP contribution is -2.31. The van der Waals surface area contributed by atoms with E-state index < -0.39 is 11.9 Å². The van der Waals surface area contributed by atoms with Gasteiger partial charge in [0.05, 0.1) is 34.2 Å². The van der Waals surface area contributed by atoms with E-state index in [0.717, 1.165) is 5.57 Å². The number of allylic oxidation sites excluding steroid dienone is 2. The van der Waals surface area contributed by atoms with Crippen LogP contribution in [0.15, 0.2) is 60.2 Å². The number of fused-ring (bicyclic) bond motifs is 1. The Bertz CT molecular complexity index is 1240. The van der Waals surface area contributed by atoms with E-state index in [2.05, 4.69) is 0 Å². The first-order chi connectivity index (χ1) is 16.3. The number of rotatable bonds is 4. The van der Waals surface area contributed by atoms with Crippen LogP contribution in [0.3, 0.4) is 0 Å². The fraction of sp³-hybridized carbons (Fsp3) is 0.308. The zero-order chi connectivity index (χ0) is 24.0. The summed E-state index contributed by atoms with van der Waals surface area (Å²) in [4.78, 5) is 54.0. The molecule has 5 rings (SSSR count). The third-order valence-corrected chi connectivity index (χ3v) is 7.04. The summed E-state index contributed by atoms with van der Waals surface area (Å²) in [6.07, 6.45) is 3.17. The summed E-state index contributed by atoms with van der Waals surface area (Å²) in [5.74, 6) is -2.32. The fourth-order valence-corrected chi connectivity index (χ4v) is 5.18. The number of para-hydroxylation sites is 1. The van der Waals surface area contributed by atoms with Crippen molar-refractivity contribution < 1.29 is 23.9 Å². The maximum atomic E-state index is 13.0. The molecule has 0 spiro atoms. The Kier molecular flexibility index (Phi) is 5.73. The summed E-state index contributed by atoms with van der Waals surface area (Å²) in [6.45, 7) is 2.14. The van der Waals surface area contributed by atoms with E-state index in [1.165, 1.54) is 15.9 Å². The first kappa shape index (κ1) is 22.3. The number of benzene rings is 2. The summed E-state index contributed by atoms with van der Waals surface area (Å²) >= 11 is 6.21. The minimum absolute atomic E-state index is 0.0164. The van der Waals surface area contributed by atoms with Crippen LogP contribution in [0.25, 0.3) is 0 Å². The van der Waals surface area contributed by atoms with Crippen LogP contribution in [-0.4, -0.2) is 30.2 Å². The highest BCUT2D eigenvalue weighted by Gasteiger charge is 2.48. The van der Waals surface area contributed by atoms with Gasteiger partial charge in [-0.25, -0.2) is 4.90 Å². The van der Waals surface area contributed by atoms with Gasteiger partial charge < -0.3 is 9.64 Å². The van der Waals surface area contributed by atoms with Crippen LogP contribution in [-0.2, 0) is 19.2 Å². The van der Waals surface area contributed by atoms with Gasteiger partial charge in [-0.3, -0.25) is 19.2 Å². The van der Waals surface area contributed by atoms with Crippen molar-refractivity contribution >= 4 is 46.7 Å². The lowest BCUT2D eigenvalue weighted by Gasteiger charge is -2.19. The Hall–Kier alpha value is -3.45. The van der Waals surface area contributed by atoms with Crippen LogP contribution < -0.4 is 14.5 Å². The van der Waals surface area contributed by atoms with E-state index in [1.807, 2.05) is 13.0 Å². The maximum absolute atomic E-state index is 13.0. The zero-order valence-corrected chi connectivity index (χ0v) is 19.3. The predicted octanol–water partition coefficient (Wildman–Crippen LogP) is 4.14. The Morgan fingerprint density at radius 3 is 2.56 bits per heavy atom. The summed E-state index contributed by atoms with van der Waals surface area (Å²) in [5.41, 5.74) is 2.06. The molecule has 2 saturated heterocycles. The van der Waals surface area contributed by atoms with Crippen molar-refractivity contribution in [3.05, 3.63) is 65.2 Å². The number of hydrogen-bond acceptors (Lipinski definition) is 5. The van der Waals surface area contributed by atoms with Crippen LogP contribution in [0.1, 0.15) is 26.2 Å². The molecule has 1 aliphatic carbocycles. The van der Waals surface area contributed by atoms with Crippen LogP contribution in [0, 0.1) is 17.8 Å². The van der Waals surface area contributed by atoms with Crippen LogP contribution >= 0.6 is 11.6 Å². The van der Waals surface area contributed by atoms with Crippen LogP contribution in [0.2, 0.25) is 5.02 Å². The van der Waals surface area contributed by atoms with E-state index in [9.17, 15) is 19.2 Å². The Morgan fingerprint density at radius 1 is 1.00 bits per heavy atom. The van der Waals surface area contributed by atoms with Gasteiger partial charge in [0, 0.05) is 19.0 Å². The number of carbonyl (C=O) groups excluding carboxylic acids is 4. The maximum Gasteiger partial charge on any atom is 0.316 e. The van der Waals surface area contributed by atoms with Crippen molar-refractivity contribution in [1.29, 1.82) is 0 Å². The Morgan fingerprint density at radius 2 is 1.76 bits per heavy atom. The van der Waals surface area contributed by atoms with Gasteiger partial charge in [-0.15, -0.1) is 0 Å². The standard InChI is InChI=1S/C26H23ClN2O5/c1-15-9-10-19-20(11-15)25(32)29(24(19)31)17-5-4-6-18(13-17)34-26(33)16-12-23(30)28(14-16)22-8-3-2-7-21(22)27/h2-9,13,16,19-20H,10-12,14H2,1H3/t16-,19-,20-/m0/s1. The molecule has 0 aromatic heterocycles. The normalized spacial score (nSPS) is 24.4. The van der Waals surface area contributed by atoms with Gasteiger partial charge in [-0.05, 0) is 44.0 Å². The topological polar surface area (TPSA) is 84.0 Å². The van der Waals surface area contributed by atoms with E-state index in [4.69, 9.17) is 16.3 Å². The van der Waals surface area contributed by atoms with E-state index >= 15 is 0 Å². The van der Waals surface area contributed by atoms with Gasteiger partial charge in [0.2, 0.25) is 17.7 Å². The Balaban J connectivity index is 1.30. The van der Waals surface area contributed by atoms with Gasteiger partial charge >= 0.3 is 5.97 Å². The van der Waals surface area contributed by atoms with Gasteiger partial charge in [0.15, 0.2) is 0 Å². The lowest BCUT2D eigenvalue weighted by molar-refractivity contribution is -0.139. The minimum Gasteiger partial charge on any atom is -0.426 e. The molecule has 7 nitrogen and oxygen atoms in total. The number of hydrogen-bond donors (Lipinski definition) is 0. The number of halogens is 1. The molecule has 2 heterocycles. The average Bonchev–Trinajstić information content (AvgIpc) is 3.31. The molecule has 0 unspecified atom stereocenters. The summed E-state index contributed by atoms with van der Waals surface area (Å²) in [5, 5.41) is 0.434. The molecule has 3 amide bonds. The number of ether oxygens (including phenoxy) is 1. The molecule has 3 aliphatic rings. The van der Waals surface area contributed by atoms with Gasteiger partial charge in [0.25, 0.3) is 0 Å². The number of amides is 3. The molecular formula is C26H23ClN2O5. The highest BCUT2D eigenvalue weighted by Crippen LogP contribution is 2.40. The Labute approximate surface area is 201 Å². The molecule has 2 aromatic carbocycles. The molecule has 0 bridgehead atoms. The monoisotopic (exact) mass is 478 g/mol. The second kappa shape index (κ2) is 8.72. The number of nitrogens with zero attached hydrogens (tertiary/aromatic N) is 2. The van der Waals surface area contributed by atoms with Crippen molar-refractivity contribution in [3.8, 4) is 5.75 Å². The molecule has 0 radical (unpaired) electrons. The molecule has 34 heavy (non-hydrogen) atoms. The van der Waals surface area contributed by atoms with E-state index in [-0.39, 0.29) is 48.3 Å². The van der Waals surface area contributed by atoms with Gasteiger partial charge in [-0.1, -0.05) is 41.4 Å². The summed E-state index contributed by atoms with van der Waals surface area (Å²) < 4.78 is 5.56. The van der Waals surface area contributed by atoms with Crippen LogP contribution in [0.4, 0.5) is 11.4 Å². The largest absolute Gasteiger partial charge is 0.426 e. The molecule has 3 atom stereocenters. The minimum atomic E-state index is -0.653. The number of imide groups is 1. The van der Waals surface area contributed by atoms with Crippen molar-refractivity contribution in [1.82, 2.24) is 0 Å². The molecule has 0 saturated carbocycles. The molecule has 0 N–H and O–H groups in total. The van der Waals surface area contributed by atoms with E-state index in [1.54, 1.807) is 42.5 Å². The second-order valence-corrected chi connectivity index (χ2v) is 9.40. The number of carbonyl (C=O) groups is 4. The van der Waals surface area contributed by atoms with Crippen molar-refractivity contribution in [2.24, 2.45) is 17.8 Å². The molecule has 2 fully saturated rings. The average molecular weight is 479 g/mol. The first-order valence-electron chi connectivity index (χ1n) is 11.2. The quantitative estimate of drug-likeness (QED) is 0.285. The summed E-state index contributed by atoms with van der Waals surface area (Å²) in [7, 11) is 0. The third kappa shape index (κ3) is 3.90. The van der Waals surface area contributed by atoms with Crippen molar-refractivity contribution in [2.45, 2.75) is 26.2 Å². The summed E-state index contributed by atoms with van der Waals surface area (Å²) in [6, 6.07) is 13.4. The third-order valence-electron chi connectivity index (χ3n) is 6.72. The molecule has 8 heteroatoms. The van der Waals surface area contributed by atoms with E-state index in [0.29, 0.717) is 29.2 Å².